The van der Waals surface area contributed by atoms with Crippen molar-refractivity contribution in [3.63, 3.8) is 0 Å². The molecule has 0 aromatic heterocycles. The molecule has 5 rings (SSSR count). The first-order chi connectivity index (χ1) is 7.68. The second-order valence-corrected chi connectivity index (χ2v) is 7.77. The van der Waals surface area contributed by atoms with Crippen LogP contribution in [0.4, 0.5) is 0 Å². The maximum Gasteiger partial charge on any atom is -0.0167 e. The van der Waals surface area contributed by atoms with E-state index in [1.807, 2.05) is 0 Å². The van der Waals surface area contributed by atoms with E-state index in [2.05, 4.69) is 26.5 Å². The number of allylic oxidation sites excluding steroid dienone is 1. The Kier molecular flexibility index (Phi) is 1.13. The standard InChI is InChI=1S/C16H22/c1-4-5-8(2)12-11-7-16(11)14-13(12)9-6-10(9)15(14,16)3/h4,8-14H,1,5-7H2,2-3H3/t8?,9?,10?,11?,12?,13?,14?,15?,16-/m0/s1. The van der Waals surface area contributed by atoms with Crippen LogP contribution in [0.25, 0.3) is 0 Å². The average molecular weight is 214 g/mol. The van der Waals surface area contributed by atoms with E-state index in [1.165, 1.54) is 24.2 Å². The summed E-state index contributed by atoms with van der Waals surface area (Å²) in [6.07, 6.45) is 6.63. The first-order valence-corrected chi connectivity index (χ1v) is 7.29. The molecule has 0 nitrogen and oxygen atoms in total. The molecule has 8 unspecified atom stereocenters. The Hall–Kier alpha value is -0.260. The molecule has 1 spiro atoms. The predicted octanol–water partition coefficient (Wildman–Crippen LogP) is 3.74. The maximum atomic E-state index is 3.94. The van der Waals surface area contributed by atoms with Crippen molar-refractivity contribution in [1.29, 1.82) is 0 Å². The molecule has 0 heterocycles. The molecule has 0 aromatic rings. The number of hydrogen-bond donors (Lipinski definition) is 0. The Balaban J connectivity index is 1.54. The SMILES string of the molecule is C=CCC(C)C1C2C3CC3C3(C)C2[C@@]32CC12. The Bertz CT molecular complexity index is 410. The molecule has 0 saturated heterocycles. The van der Waals surface area contributed by atoms with Crippen LogP contribution in [0.2, 0.25) is 0 Å². The summed E-state index contributed by atoms with van der Waals surface area (Å²) in [4.78, 5) is 0. The van der Waals surface area contributed by atoms with Gasteiger partial charge in [-0.1, -0.05) is 19.9 Å². The van der Waals surface area contributed by atoms with Gasteiger partial charge in [0.15, 0.2) is 0 Å². The first kappa shape index (κ1) is 8.78. The highest BCUT2D eigenvalue weighted by Crippen LogP contribution is 3.04. The van der Waals surface area contributed by atoms with Crippen LogP contribution in [0.5, 0.6) is 0 Å². The number of rotatable bonds is 3. The fourth-order valence-corrected chi connectivity index (χ4v) is 7.41. The minimum Gasteiger partial charge on any atom is -0.103 e. The minimum atomic E-state index is 0.859. The van der Waals surface area contributed by atoms with Crippen LogP contribution in [0.3, 0.4) is 0 Å². The molecular weight excluding hydrogens is 192 g/mol. The summed E-state index contributed by atoms with van der Waals surface area (Å²) in [6, 6.07) is 0. The molecule has 5 aliphatic rings. The monoisotopic (exact) mass is 214 g/mol. The lowest BCUT2D eigenvalue weighted by atomic mass is 9.76. The Morgan fingerprint density at radius 2 is 2.25 bits per heavy atom. The van der Waals surface area contributed by atoms with Crippen LogP contribution in [-0.4, -0.2) is 0 Å². The van der Waals surface area contributed by atoms with Gasteiger partial charge in [0.2, 0.25) is 0 Å². The van der Waals surface area contributed by atoms with Gasteiger partial charge < -0.3 is 0 Å². The van der Waals surface area contributed by atoms with Gasteiger partial charge in [-0.15, -0.1) is 6.58 Å². The van der Waals surface area contributed by atoms with E-state index in [4.69, 9.17) is 0 Å². The molecule has 5 fully saturated rings. The van der Waals surface area contributed by atoms with E-state index in [-0.39, 0.29) is 0 Å². The van der Waals surface area contributed by atoms with E-state index in [0.29, 0.717) is 0 Å². The van der Waals surface area contributed by atoms with Crippen molar-refractivity contribution in [2.24, 2.45) is 52.3 Å². The van der Waals surface area contributed by atoms with Crippen LogP contribution in [0.15, 0.2) is 12.7 Å². The molecular formula is C16H22. The minimum absolute atomic E-state index is 0.859. The van der Waals surface area contributed by atoms with Gasteiger partial charge in [0.25, 0.3) is 0 Å². The van der Waals surface area contributed by atoms with E-state index in [1.54, 1.807) is 12.8 Å². The van der Waals surface area contributed by atoms with Crippen LogP contribution < -0.4 is 0 Å². The lowest BCUT2D eigenvalue weighted by Crippen LogP contribution is -2.24. The Morgan fingerprint density at radius 1 is 1.44 bits per heavy atom. The van der Waals surface area contributed by atoms with Crippen LogP contribution in [-0.2, 0) is 0 Å². The quantitative estimate of drug-likeness (QED) is 0.628. The summed E-state index contributed by atoms with van der Waals surface area (Å²) in [7, 11) is 0. The van der Waals surface area contributed by atoms with Gasteiger partial charge in [0.05, 0.1) is 0 Å². The highest BCUT2D eigenvalue weighted by Gasteiger charge is 2.99. The van der Waals surface area contributed by atoms with Gasteiger partial charge in [-0.2, -0.15) is 0 Å². The van der Waals surface area contributed by atoms with Crippen molar-refractivity contribution < 1.29 is 0 Å². The molecule has 0 N–H and O–H groups in total. The van der Waals surface area contributed by atoms with Crippen LogP contribution >= 0.6 is 0 Å². The molecule has 5 aliphatic carbocycles. The van der Waals surface area contributed by atoms with Gasteiger partial charge >= 0.3 is 0 Å². The second-order valence-electron chi connectivity index (χ2n) is 7.77. The molecule has 0 amide bonds. The highest BCUT2D eigenvalue weighted by molar-refractivity contribution is 5.46. The number of hydrogen-bond acceptors (Lipinski definition) is 0. The van der Waals surface area contributed by atoms with Crippen molar-refractivity contribution in [1.82, 2.24) is 0 Å². The maximum absolute atomic E-state index is 3.94. The van der Waals surface area contributed by atoms with Crippen LogP contribution in [0, 0.1) is 52.3 Å². The fourth-order valence-electron chi connectivity index (χ4n) is 7.41. The van der Waals surface area contributed by atoms with Crippen molar-refractivity contribution in [2.75, 3.05) is 0 Å². The number of fused-ring (bicyclic) bond motifs is 3. The van der Waals surface area contributed by atoms with E-state index in [9.17, 15) is 0 Å². The van der Waals surface area contributed by atoms with Crippen molar-refractivity contribution >= 4 is 0 Å². The highest BCUT2D eigenvalue weighted by atomic mass is 15.0. The van der Waals surface area contributed by atoms with Gasteiger partial charge in [-0.25, -0.2) is 0 Å². The lowest BCUT2D eigenvalue weighted by molar-refractivity contribution is 0.194. The summed E-state index contributed by atoms with van der Waals surface area (Å²) in [5.41, 5.74) is 1.77. The van der Waals surface area contributed by atoms with Gasteiger partial charge in [-0.05, 0) is 71.5 Å². The molecule has 86 valence electrons. The molecule has 5 saturated carbocycles. The largest absolute Gasteiger partial charge is 0.103 e. The van der Waals surface area contributed by atoms with Gasteiger partial charge in [0, 0.05) is 0 Å². The smallest absolute Gasteiger partial charge is 0.0167 e. The Labute approximate surface area is 98.5 Å². The zero-order valence-corrected chi connectivity index (χ0v) is 10.4. The summed E-state index contributed by atoms with van der Waals surface area (Å²) in [6.45, 7) is 9.09. The summed E-state index contributed by atoms with van der Waals surface area (Å²) in [5, 5.41) is 0. The molecule has 9 atom stereocenters. The molecule has 0 bridgehead atoms. The zero-order chi connectivity index (χ0) is 10.9. The van der Waals surface area contributed by atoms with E-state index < -0.39 is 0 Å². The first-order valence-electron chi connectivity index (χ1n) is 7.29. The van der Waals surface area contributed by atoms with E-state index in [0.717, 1.165) is 34.5 Å². The molecule has 16 heavy (non-hydrogen) atoms. The van der Waals surface area contributed by atoms with Crippen molar-refractivity contribution in [3.05, 3.63) is 12.7 Å². The van der Waals surface area contributed by atoms with Crippen molar-refractivity contribution in [3.8, 4) is 0 Å². The lowest BCUT2D eigenvalue weighted by Gasteiger charge is -2.29. The molecule has 0 radical (unpaired) electrons. The summed E-state index contributed by atoms with van der Waals surface area (Å²) in [5.74, 6) is 7.85. The third-order valence-corrected chi connectivity index (χ3v) is 7.77. The van der Waals surface area contributed by atoms with Gasteiger partial charge in [0.1, 0.15) is 0 Å². The van der Waals surface area contributed by atoms with Crippen LogP contribution in [0.1, 0.15) is 33.1 Å². The molecule has 0 heteroatoms. The van der Waals surface area contributed by atoms with Crippen molar-refractivity contribution in [2.45, 2.75) is 33.1 Å². The fraction of sp³-hybridized carbons (Fsp3) is 0.875. The summed E-state index contributed by atoms with van der Waals surface area (Å²) < 4.78 is 0. The average Bonchev–Trinajstić information content (AvgIpc) is 3.12. The molecule has 0 aliphatic heterocycles. The predicted molar refractivity (Wildman–Crippen MR) is 64.7 cm³/mol. The topological polar surface area (TPSA) is 0 Å². The van der Waals surface area contributed by atoms with Gasteiger partial charge in [-0.3, -0.25) is 0 Å². The van der Waals surface area contributed by atoms with E-state index >= 15 is 0 Å². The summed E-state index contributed by atoms with van der Waals surface area (Å²) >= 11 is 0. The molecule has 0 aromatic carbocycles. The normalized spacial score (nSPS) is 72.6. The second kappa shape index (κ2) is 2.06. The Morgan fingerprint density at radius 3 is 3.00 bits per heavy atom. The third kappa shape index (κ3) is 0.567. The zero-order valence-electron chi connectivity index (χ0n) is 10.4. The third-order valence-electron chi connectivity index (χ3n) is 7.77.